The number of fused-ring (bicyclic) bond motifs is 1. The third-order valence-electron chi connectivity index (χ3n) is 4.67. The number of ketones is 1. The molecule has 6 nitrogen and oxygen atoms in total. The molecule has 3 rings (SSSR count). The summed E-state index contributed by atoms with van der Waals surface area (Å²) in [5.74, 6) is 0.419. The van der Waals surface area contributed by atoms with Crippen LogP contribution in [0.1, 0.15) is 47.9 Å². The second-order valence-electron chi connectivity index (χ2n) is 6.86. The van der Waals surface area contributed by atoms with E-state index in [0.29, 0.717) is 49.6 Å². The summed E-state index contributed by atoms with van der Waals surface area (Å²) in [7, 11) is 0. The highest BCUT2D eigenvalue weighted by Gasteiger charge is 2.24. The summed E-state index contributed by atoms with van der Waals surface area (Å²) in [6.07, 6.45) is 2.79. The Kier molecular flexibility index (Phi) is 7.44. The number of carbonyl (C=O) groups excluding carboxylic acids is 1. The van der Waals surface area contributed by atoms with Crippen LogP contribution in [0, 0.1) is 0 Å². The fraction of sp³-hybridized carbons (Fsp3) is 0.318. The number of aliphatic hydroxyl groups excluding tert-OH is 1. The smallest absolute Gasteiger partial charge is 0.197 e. The number of halogens is 2. The van der Waals surface area contributed by atoms with Gasteiger partial charge in [0, 0.05) is 36.5 Å². The summed E-state index contributed by atoms with van der Waals surface area (Å²) in [4.78, 5) is 13.4. The lowest BCUT2D eigenvalue weighted by molar-refractivity contribution is 0.103. The minimum absolute atomic E-state index is 0.0112. The lowest BCUT2D eigenvalue weighted by Crippen LogP contribution is -2.04. The first-order valence-corrected chi connectivity index (χ1v) is 11.2. The molecule has 0 radical (unpaired) electrons. The zero-order valence-electron chi connectivity index (χ0n) is 16.4. The van der Waals surface area contributed by atoms with Crippen molar-refractivity contribution in [1.82, 2.24) is 0 Å². The second kappa shape index (κ2) is 9.85. The SMILES string of the molecule is CCCCc1oc2cc(OCCCO)c(O)cc2c1C(=O)c1cc(Br)c(O)c(Br)c1. The van der Waals surface area contributed by atoms with Gasteiger partial charge in [-0.25, -0.2) is 0 Å². The lowest BCUT2D eigenvalue weighted by atomic mass is 9.98. The van der Waals surface area contributed by atoms with E-state index in [1.54, 1.807) is 18.2 Å². The number of benzene rings is 2. The van der Waals surface area contributed by atoms with E-state index in [2.05, 4.69) is 38.8 Å². The number of hydrogen-bond acceptors (Lipinski definition) is 6. The maximum Gasteiger partial charge on any atom is 0.197 e. The fourth-order valence-electron chi connectivity index (χ4n) is 3.13. The van der Waals surface area contributed by atoms with E-state index in [1.807, 2.05) is 0 Å². The van der Waals surface area contributed by atoms with Gasteiger partial charge in [-0.15, -0.1) is 0 Å². The first kappa shape index (κ1) is 22.7. The molecule has 0 aliphatic carbocycles. The molecule has 0 unspecified atom stereocenters. The quantitative estimate of drug-likeness (QED) is 0.237. The first-order chi connectivity index (χ1) is 14.4. The first-order valence-electron chi connectivity index (χ1n) is 9.62. The van der Waals surface area contributed by atoms with Gasteiger partial charge in [0.2, 0.25) is 0 Å². The minimum atomic E-state index is -0.269. The molecule has 0 bridgehead atoms. The Labute approximate surface area is 190 Å². The van der Waals surface area contributed by atoms with Gasteiger partial charge in [0.25, 0.3) is 0 Å². The molecule has 0 saturated heterocycles. The molecule has 2 aromatic carbocycles. The molecule has 0 spiro atoms. The Morgan fingerprint density at radius 1 is 1.10 bits per heavy atom. The summed E-state index contributed by atoms with van der Waals surface area (Å²) >= 11 is 6.52. The van der Waals surface area contributed by atoms with Crippen LogP contribution in [0.3, 0.4) is 0 Å². The summed E-state index contributed by atoms with van der Waals surface area (Å²) in [6, 6.07) is 6.14. The van der Waals surface area contributed by atoms with Gasteiger partial charge < -0.3 is 24.5 Å². The van der Waals surface area contributed by atoms with Gasteiger partial charge in [-0.05, 0) is 56.5 Å². The number of furan rings is 1. The minimum Gasteiger partial charge on any atom is -0.506 e. The normalized spacial score (nSPS) is 11.2. The molecular weight excluding hydrogens is 520 g/mol. The summed E-state index contributed by atoms with van der Waals surface area (Å²) < 4.78 is 12.3. The molecule has 8 heteroatoms. The van der Waals surface area contributed by atoms with E-state index < -0.39 is 0 Å². The van der Waals surface area contributed by atoms with E-state index in [9.17, 15) is 15.0 Å². The number of carbonyl (C=O) groups is 1. The highest BCUT2D eigenvalue weighted by molar-refractivity contribution is 9.11. The molecule has 1 aromatic heterocycles. The monoisotopic (exact) mass is 540 g/mol. The Hall–Kier alpha value is -2.03. The third-order valence-corrected chi connectivity index (χ3v) is 5.88. The van der Waals surface area contributed by atoms with Crippen molar-refractivity contribution in [3.8, 4) is 17.2 Å². The molecule has 0 saturated carbocycles. The highest BCUT2D eigenvalue weighted by atomic mass is 79.9. The van der Waals surface area contributed by atoms with Gasteiger partial charge in [-0.3, -0.25) is 4.79 Å². The van der Waals surface area contributed by atoms with Gasteiger partial charge in [0.05, 0.1) is 21.1 Å². The van der Waals surface area contributed by atoms with E-state index in [1.165, 1.54) is 6.07 Å². The largest absolute Gasteiger partial charge is 0.506 e. The van der Waals surface area contributed by atoms with Crippen molar-refractivity contribution in [1.29, 1.82) is 0 Å². The Balaban J connectivity index is 2.11. The summed E-state index contributed by atoms with van der Waals surface area (Å²) in [6.45, 7) is 2.29. The number of phenols is 2. The molecule has 0 atom stereocenters. The predicted molar refractivity (Wildman–Crippen MR) is 121 cm³/mol. The van der Waals surface area contributed by atoms with Gasteiger partial charge in [-0.1, -0.05) is 13.3 Å². The fourth-order valence-corrected chi connectivity index (χ4v) is 4.32. The van der Waals surface area contributed by atoms with Gasteiger partial charge in [-0.2, -0.15) is 0 Å². The van der Waals surface area contributed by atoms with E-state index in [-0.39, 0.29) is 36.2 Å². The third kappa shape index (κ3) is 4.66. The number of ether oxygens (including phenoxy) is 1. The molecule has 30 heavy (non-hydrogen) atoms. The number of unbranched alkanes of at least 4 members (excludes halogenated alkanes) is 1. The number of aromatic hydroxyl groups is 2. The topological polar surface area (TPSA) is 100 Å². The van der Waals surface area contributed by atoms with E-state index in [0.717, 1.165) is 12.8 Å². The van der Waals surface area contributed by atoms with E-state index >= 15 is 0 Å². The van der Waals surface area contributed by atoms with Crippen LogP contribution >= 0.6 is 31.9 Å². The van der Waals surface area contributed by atoms with Gasteiger partial charge in [0.1, 0.15) is 17.1 Å². The van der Waals surface area contributed by atoms with Crippen molar-refractivity contribution < 1.29 is 29.3 Å². The number of hydrogen-bond donors (Lipinski definition) is 3. The van der Waals surface area contributed by atoms with Crippen molar-refractivity contribution in [2.75, 3.05) is 13.2 Å². The molecule has 3 aromatic rings. The zero-order chi connectivity index (χ0) is 21.8. The van der Waals surface area contributed by atoms with Crippen LogP contribution in [-0.4, -0.2) is 34.3 Å². The molecule has 3 N–H and O–H groups in total. The van der Waals surface area contributed by atoms with Crippen LogP contribution in [0.2, 0.25) is 0 Å². The van der Waals surface area contributed by atoms with Crippen molar-refractivity contribution >= 4 is 48.6 Å². The maximum absolute atomic E-state index is 13.4. The molecular formula is C22H22Br2O6. The van der Waals surface area contributed by atoms with Crippen LogP contribution in [0.5, 0.6) is 17.2 Å². The maximum atomic E-state index is 13.4. The van der Waals surface area contributed by atoms with E-state index in [4.69, 9.17) is 14.3 Å². The number of rotatable bonds is 9. The van der Waals surface area contributed by atoms with Crippen LogP contribution in [-0.2, 0) is 6.42 Å². The molecule has 0 amide bonds. The Morgan fingerprint density at radius 3 is 2.43 bits per heavy atom. The van der Waals surface area contributed by atoms with Crippen LogP contribution in [0.4, 0.5) is 0 Å². The Bertz CT molecular complexity index is 1050. The average molecular weight is 542 g/mol. The average Bonchev–Trinajstić information content (AvgIpc) is 3.06. The number of aryl methyl sites for hydroxylation is 1. The van der Waals surface area contributed by atoms with Crippen molar-refractivity contribution in [2.45, 2.75) is 32.6 Å². The van der Waals surface area contributed by atoms with Crippen LogP contribution in [0.15, 0.2) is 37.6 Å². The lowest BCUT2D eigenvalue weighted by Gasteiger charge is -2.08. The van der Waals surface area contributed by atoms with Crippen molar-refractivity contribution in [3.05, 3.63) is 50.1 Å². The molecule has 0 aliphatic heterocycles. The molecule has 160 valence electrons. The predicted octanol–water partition coefficient (Wildman–Crippen LogP) is 5.70. The molecule has 0 aliphatic rings. The number of aliphatic hydroxyl groups is 1. The van der Waals surface area contributed by atoms with Crippen molar-refractivity contribution in [3.63, 3.8) is 0 Å². The molecule has 1 heterocycles. The van der Waals surface area contributed by atoms with Gasteiger partial charge in [0.15, 0.2) is 17.3 Å². The summed E-state index contributed by atoms with van der Waals surface area (Å²) in [5, 5.41) is 29.8. The van der Waals surface area contributed by atoms with Crippen LogP contribution < -0.4 is 4.74 Å². The summed E-state index contributed by atoms with van der Waals surface area (Å²) in [5.41, 5.74) is 1.20. The standard InChI is InChI=1S/C22H22Br2O6/c1-2-3-5-17-20(21(27)12-8-14(23)22(28)15(24)9-12)13-10-16(26)19(11-18(13)30-17)29-7-4-6-25/h8-11,25-26,28H,2-7H2,1H3. The molecule has 0 fully saturated rings. The zero-order valence-corrected chi connectivity index (χ0v) is 19.5. The number of phenolic OH excluding ortho intramolecular Hbond substituents is 2. The van der Waals surface area contributed by atoms with Crippen molar-refractivity contribution in [2.24, 2.45) is 0 Å². The Morgan fingerprint density at radius 2 is 1.80 bits per heavy atom. The van der Waals surface area contributed by atoms with Gasteiger partial charge >= 0.3 is 0 Å². The van der Waals surface area contributed by atoms with Crippen LogP contribution in [0.25, 0.3) is 11.0 Å². The highest BCUT2D eigenvalue weighted by Crippen LogP contribution is 2.39. The second-order valence-corrected chi connectivity index (χ2v) is 8.57.